The lowest BCUT2D eigenvalue weighted by Gasteiger charge is -1.90. The van der Waals surface area contributed by atoms with E-state index < -0.39 is 11.9 Å². The third-order valence-corrected chi connectivity index (χ3v) is 1.48. The molecule has 0 rings (SSSR count). The van der Waals surface area contributed by atoms with Gasteiger partial charge in [0.05, 0.1) is 0 Å². The van der Waals surface area contributed by atoms with Crippen molar-refractivity contribution in [3.05, 3.63) is 9.66 Å². The Hall–Kier alpha value is -0.590. The van der Waals surface area contributed by atoms with Crippen molar-refractivity contribution in [1.82, 2.24) is 5.32 Å². The second kappa shape index (κ2) is 4.26. The molecule has 0 saturated heterocycles. The first-order valence-corrected chi connectivity index (χ1v) is 3.48. The average molecular weight is 255 g/mol. The van der Waals surface area contributed by atoms with Gasteiger partial charge in [-0.25, -0.2) is 4.79 Å². The molecule has 56 valence electrons. The highest BCUT2D eigenvalue weighted by molar-refractivity contribution is 14.1. The Labute approximate surface area is 71.4 Å². The molecular formula is C5H6INO3. The van der Waals surface area contributed by atoms with Crippen molar-refractivity contribution in [2.45, 2.75) is 0 Å². The van der Waals surface area contributed by atoms with Crippen molar-refractivity contribution in [3.63, 3.8) is 0 Å². The van der Waals surface area contributed by atoms with Gasteiger partial charge in [-0.3, -0.25) is 4.79 Å². The minimum Gasteiger partial charge on any atom is -0.477 e. The van der Waals surface area contributed by atoms with Crippen LogP contribution in [0, 0.1) is 0 Å². The summed E-state index contributed by atoms with van der Waals surface area (Å²) < 4.78 is -0.00282. The van der Waals surface area contributed by atoms with E-state index in [-0.39, 0.29) is 3.58 Å². The molecule has 5 heteroatoms. The number of amides is 1. The van der Waals surface area contributed by atoms with E-state index >= 15 is 0 Å². The Morgan fingerprint density at radius 1 is 1.60 bits per heavy atom. The summed E-state index contributed by atoms with van der Waals surface area (Å²) in [4.78, 5) is 20.6. The third-order valence-electron chi connectivity index (χ3n) is 0.709. The SMILES string of the molecule is CNC(=O)/C=C(/I)C(=O)O. The average Bonchev–Trinajstić information content (AvgIpc) is 1.87. The van der Waals surface area contributed by atoms with E-state index in [1.807, 2.05) is 0 Å². The molecule has 0 unspecified atom stereocenters. The molecule has 2 N–H and O–H groups in total. The summed E-state index contributed by atoms with van der Waals surface area (Å²) >= 11 is 1.57. The molecule has 0 radical (unpaired) electrons. The van der Waals surface area contributed by atoms with E-state index in [1.165, 1.54) is 7.05 Å². The van der Waals surface area contributed by atoms with Crippen LogP contribution in [0.5, 0.6) is 0 Å². The highest BCUT2D eigenvalue weighted by Gasteiger charge is 2.03. The molecule has 0 aliphatic rings. The first-order valence-electron chi connectivity index (χ1n) is 2.40. The minimum atomic E-state index is -1.09. The number of carboxylic acids is 1. The maximum Gasteiger partial charge on any atom is 0.342 e. The second-order valence-electron chi connectivity index (χ2n) is 1.41. The lowest BCUT2D eigenvalue weighted by molar-refractivity contribution is -0.132. The predicted octanol–water partition coefficient (Wildman–Crippen LogP) is 0.136. The van der Waals surface area contributed by atoms with Gasteiger partial charge in [0.25, 0.3) is 0 Å². The molecule has 4 nitrogen and oxygen atoms in total. The Morgan fingerprint density at radius 2 is 2.10 bits per heavy atom. The number of likely N-dealkylation sites (N-methyl/N-ethyl adjacent to an activating group) is 1. The molecule has 0 aliphatic carbocycles. The van der Waals surface area contributed by atoms with E-state index in [1.54, 1.807) is 22.6 Å². The van der Waals surface area contributed by atoms with Crippen molar-refractivity contribution < 1.29 is 14.7 Å². The summed E-state index contributed by atoms with van der Waals surface area (Å²) in [7, 11) is 1.44. The van der Waals surface area contributed by atoms with Crippen LogP contribution >= 0.6 is 22.6 Å². The van der Waals surface area contributed by atoms with E-state index in [0.29, 0.717) is 0 Å². The topological polar surface area (TPSA) is 66.4 Å². The van der Waals surface area contributed by atoms with Gasteiger partial charge < -0.3 is 10.4 Å². The molecule has 0 aromatic rings. The fraction of sp³-hybridized carbons (Fsp3) is 0.200. The van der Waals surface area contributed by atoms with Gasteiger partial charge in [-0.2, -0.15) is 0 Å². The summed E-state index contributed by atoms with van der Waals surface area (Å²) in [5.74, 6) is -1.50. The van der Waals surface area contributed by atoms with Gasteiger partial charge in [-0.05, 0) is 22.6 Å². The van der Waals surface area contributed by atoms with Gasteiger partial charge in [0.2, 0.25) is 5.91 Å². The fourth-order valence-electron chi connectivity index (χ4n) is 0.249. The molecule has 0 bridgehead atoms. The van der Waals surface area contributed by atoms with Crippen LogP contribution in [0.1, 0.15) is 0 Å². The standard InChI is InChI=1S/C5H6INO3/c1-7-4(8)2-3(6)5(9)10/h2H,1H3,(H,7,8)(H,9,10)/b3-2+. The van der Waals surface area contributed by atoms with Crippen LogP contribution in [-0.2, 0) is 9.59 Å². The van der Waals surface area contributed by atoms with Crippen LogP contribution in [-0.4, -0.2) is 24.0 Å². The van der Waals surface area contributed by atoms with E-state index in [2.05, 4.69) is 5.32 Å². The number of carboxylic acid groups (broad SMARTS) is 1. The number of aliphatic carboxylic acids is 1. The maximum absolute atomic E-state index is 10.5. The Morgan fingerprint density at radius 3 is 2.40 bits per heavy atom. The Kier molecular flexibility index (Phi) is 4.01. The van der Waals surface area contributed by atoms with Gasteiger partial charge in [-0.15, -0.1) is 0 Å². The predicted molar refractivity (Wildman–Crippen MR) is 43.8 cm³/mol. The van der Waals surface area contributed by atoms with E-state index in [4.69, 9.17) is 5.11 Å². The molecule has 0 atom stereocenters. The summed E-state index contributed by atoms with van der Waals surface area (Å²) in [6.45, 7) is 0. The molecule has 0 saturated carbocycles. The number of rotatable bonds is 2. The van der Waals surface area contributed by atoms with Crippen LogP contribution in [0.3, 0.4) is 0 Å². The maximum atomic E-state index is 10.5. The number of nitrogens with one attached hydrogen (secondary N) is 1. The summed E-state index contributed by atoms with van der Waals surface area (Å²) in [5, 5.41) is 10.5. The molecule has 1 amide bonds. The molecule has 0 aromatic heterocycles. The highest BCUT2D eigenvalue weighted by atomic mass is 127. The van der Waals surface area contributed by atoms with Crippen LogP contribution in [0.25, 0.3) is 0 Å². The van der Waals surface area contributed by atoms with Crippen LogP contribution in [0.2, 0.25) is 0 Å². The quantitative estimate of drug-likeness (QED) is 0.544. The molecule has 10 heavy (non-hydrogen) atoms. The van der Waals surface area contributed by atoms with Crippen LogP contribution in [0.15, 0.2) is 9.66 Å². The van der Waals surface area contributed by atoms with Crippen molar-refractivity contribution >= 4 is 34.5 Å². The first-order chi connectivity index (χ1) is 4.57. The van der Waals surface area contributed by atoms with Crippen molar-refractivity contribution in [2.24, 2.45) is 0 Å². The van der Waals surface area contributed by atoms with E-state index in [9.17, 15) is 9.59 Å². The summed E-state index contributed by atoms with van der Waals surface area (Å²) in [6.07, 6.45) is 1.02. The fourth-order valence-corrected chi connectivity index (χ4v) is 0.532. The highest BCUT2D eigenvalue weighted by Crippen LogP contribution is 2.03. The summed E-state index contributed by atoms with van der Waals surface area (Å²) in [5.41, 5.74) is 0. The van der Waals surface area contributed by atoms with Gasteiger partial charge >= 0.3 is 5.97 Å². The van der Waals surface area contributed by atoms with Gasteiger partial charge in [0.15, 0.2) is 0 Å². The lowest BCUT2D eigenvalue weighted by atomic mass is 10.5. The van der Waals surface area contributed by atoms with Gasteiger partial charge in [0, 0.05) is 13.1 Å². The number of hydrogen-bond donors (Lipinski definition) is 2. The normalized spacial score (nSPS) is 10.8. The lowest BCUT2D eigenvalue weighted by Crippen LogP contribution is -2.15. The second-order valence-corrected chi connectivity index (χ2v) is 2.57. The first kappa shape index (κ1) is 9.41. The number of halogens is 1. The Balaban J connectivity index is 4.16. The van der Waals surface area contributed by atoms with Crippen LogP contribution in [0.4, 0.5) is 0 Å². The molecule has 0 aliphatic heterocycles. The smallest absolute Gasteiger partial charge is 0.342 e. The number of carbonyl (C=O) groups excluding carboxylic acids is 1. The molecule has 0 fully saturated rings. The van der Waals surface area contributed by atoms with Crippen molar-refractivity contribution in [1.29, 1.82) is 0 Å². The van der Waals surface area contributed by atoms with Gasteiger partial charge in [-0.1, -0.05) is 0 Å². The van der Waals surface area contributed by atoms with Crippen molar-refractivity contribution in [2.75, 3.05) is 7.05 Å². The largest absolute Gasteiger partial charge is 0.477 e. The monoisotopic (exact) mass is 255 g/mol. The molecule has 0 aromatic carbocycles. The minimum absolute atomic E-state index is 0.00282. The molecule has 0 spiro atoms. The van der Waals surface area contributed by atoms with Gasteiger partial charge in [0.1, 0.15) is 3.58 Å². The van der Waals surface area contributed by atoms with Crippen molar-refractivity contribution in [3.8, 4) is 0 Å². The summed E-state index contributed by atoms with van der Waals surface area (Å²) in [6, 6.07) is 0. The number of hydrogen-bond acceptors (Lipinski definition) is 2. The molecule has 0 heterocycles. The number of carbonyl (C=O) groups is 2. The zero-order chi connectivity index (χ0) is 8.15. The van der Waals surface area contributed by atoms with E-state index in [0.717, 1.165) is 6.08 Å². The van der Waals surface area contributed by atoms with Crippen LogP contribution < -0.4 is 5.32 Å². The molecular weight excluding hydrogens is 249 g/mol. The zero-order valence-corrected chi connectivity index (χ0v) is 7.38. The zero-order valence-electron chi connectivity index (χ0n) is 5.22. The Bertz CT molecular complexity index is 187. The third kappa shape index (κ3) is 3.44.